The summed E-state index contributed by atoms with van der Waals surface area (Å²) >= 11 is 3.11. The first-order valence-electron chi connectivity index (χ1n) is 6.13. The van der Waals surface area contributed by atoms with Gasteiger partial charge in [-0.1, -0.05) is 22.0 Å². The van der Waals surface area contributed by atoms with E-state index in [1.807, 2.05) is 4.90 Å². The maximum Gasteiger partial charge on any atom is 0.416 e. The summed E-state index contributed by atoms with van der Waals surface area (Å²) < 4.78 is 64.0. The summed E-state index contributed by atoms with van der Waals surface area (Å²) in [5, 5.41) is 0. The van der Waals surface area contributed by atoms with Crippen LogP contribution in [0.25, 0.3) is 0 Å². The highest BCUT2D eigenvalue weighted by atomic mass is 79.9. The lowest BCUT2D eigenvalue weighted by molar-refractivity contribution is -0.137. The van der Waals surface area contributed by atoms with Crippen LogP contribution in [0, 0.1) is 0 Å². The SMILES string of the molecule is FC1(F)CCN(Cc2ccc(C(F)(F)F)cc2Br)CC1. The van der Waals surface area contributed by atoms with Crippen molar-refractivity contribution < 1.29 is 22.0 Å². The van der Waals surface area contributed by atoms with E-state index in [0.717, 1.165) is 12.1 Å². The zero-order valence-electron chi connectivity index (χ0n) is 10.5. The maximum absolute atomic E-state index is 13.0. The average molecular weight is 358 g/mol. The molecule has 0 aliphatic carbocycles. The van der Waals surface area contributed by atoms with E-state index in [9.17, 15) is 22.0 Å². The Bertz CT molecular complexity index is 476. The molecule has 1 aliphatic heterocycles. The van der Waals surface area contributed by atoms with Gasteiger partial charge in [0.25, 0.3) is 5.92 Å². The quantitative estimate of drug-likeness (QED) is 0.693. The third kappa shape index (κ3) is 3.91. The fourth-order valence-electron chi connectivity index (χ4n) is 2.13. The van der Waals surface area contributed by atoms with Crippen LogP contribution in [-0.4, -0.2) is 23.9 Å². The summed E-state index contributed by atoms with van der Waals surface area (Å²) in [4.78, 5) is 1.82. The third-order valence-corrected chi connectivity index (χ3v) is 4.10. The molecule has 0 N–H and O–H groups in total. The molecule has 0 radical (unpaired) electrons. The van der Waals surface area contributed by atoms with Crippen molar-refractivity contribution in [2.75, 3.05) is 13.1 Å². The van der Waals surface area contributed by atoms with Gasteiger partial charge in [-0.25, -0.2) is 8.78 Å². The molecule has 2 rings (SSSR count). The maximum atomic E-state index is 13.0. The van der Waals surface area contributed by atoms with Crippen molar-refractivity contribution >= 4 is 15.9 Å². The van der Waals surface area contributed by atoms with E-state index in [2.05, 4.69) is 15.9 Å². The third-order valence-electron chi connectivity index (χ3n) is 3.36. The zero-order chi connectivity index (χ0) is 15.0. The molecule has 7 heteroatoms. The molecular formula is C13H13BrF5N. The van der Waals surface area contributed by atoms with E-state index in [1.165, 1.54) is 6.07 Å². The molecule has 0 saturated carbocycles. The lowest BCUT2D eigenvalue weighted by atomic mass is 10.1. The number of halogens is 6. The minimum absolute atomic E-state index is 0.203. The first-order chi connectivity index (χ1) is 9.17. The fourth-order valence-corrected chi connectivity index (χ4v) is 2.64. The van der Waals surface area contributed by atoms with Gasteiger partial charge in [-0.15, -0.1) is 0 Å². The van der Waals surface area contributed by atoms with Crippen LogP contribution in [0.2, 0.25) is 0 Å². The average Bonchev–Trinajstić information content (AvgIpc) is 2.33. The summed E-state index contributed by atoms with van der Waals surface area (Å²) in [7, 11) is 0. The topological polar surface area (TPSA) is 3.24 Å². The molecule has 0 spiro atoms. The standard InChI is InChI=1S/C13H13BrF5N/c14-11-7-10(13(17,18)19)2-1-9(11)8-20-5-3-12(15,16)4-6-20/h1-2,7H,3-6,8H2. The van der Waals surface area contributed by atoms with Gasteiger partial charge in [0.15, 0.2) is 0 Å². The molecule has 1 heterocycles. The summed E-state index contributed by atoms with van der Waals surface area (Å²) in [5.74, 6) is -2.62. The Balaban J connectivity index is 2.04. The van der Waals surface area contributed by atoms with Crippen LogP contribution in [0.1, 0.15) is 24.0 Å². The van der Waals surface area contributed by atoms with E-state index in [4.69, 9.17) is 0 Å². The van der Waals surface area contributed by atoms with Gasteiger partial charge >= 0.3 is 6.18 Å². The minimum Gasteiger partial charge on any atom is -0.299 e. The van der Waals surface area contributed by atoms with E-state index in [-0.39, 0.29) is 25.9 Å². The Labute approximate surface area is 121 Å². The lowest BCUT2D eigenvalue weighted by Crippen LogP contribution is -2.38. The second-order valence-corrected chi connectivity index (χ2v) is 5.79. The second-order valence-electron chi connectivity index (χ2n) is 4.94. The van der Waals surface area contributed by atoms with Crippen LogP contribution < -0.4 is 0 Å². The Morgan fingerprint density at radius 3 is 2.25 bits per heavy atom. The van der Waals surface area contributed by atoms with Crippen LogP contribution in [0.4, 0.5) is 22.0 Å². The Kier molecular flexibility index (Phi) is 4.39. The summed E-state index contributed by atoms with van der Waals surface area (Å²) in [6.45, 7) is 0.871. The van der Waals surface area contributed by atoms with Crippen molar-refractivity contribution in [3.63, 3.8) is 0 Å². The molecule has 1 aliphatic rings. The van der Waals surface area contributed by atoms with E-state index >= 15 is 0 Å². The van der Waals surface area contributed by atoms with E-state index in [0.29, 0.717) is 16.6 Å². The van der Waals surface area contributed by atoms with Gasteiger partial charge in [0, 0.05) is 36.9 Å². The van der Waals surface area contributed by atoms with E-state index < -0.39 is 17.7 Å². The number of hydrogen-bond acceptors (Lipinski definition) is 1. The molecule has 112 valence electrons. The van der Waals surface area contributed by atoms with Crippen LogP contribution in [-0.2, 0) is 12.7 Å². The van der Waals surface area contributed by atoms with Gasteiger partial charge in [-0.2, -0.15) is 13.2 Å². The molecule has 1 aromatic rings. The lowest BCUT2D eigenvalue weighted by Gasteiger charge is -2.31. The van der Waals surface area contributed by atoms with Crippen molar-refractivity contribution in [2.45, 2.75) is 31.5 Å². The number of rotatable bonds is 2. The molecule has 1 nitrogen and oxygen atoms in total. The second kappa shape index (κ2) is 5.60. The van der Waals surface area contributed by atoms with Crippen molar-refractivity contribution in [3.05, 3.63) is 33.8 Å². The van der Waals surface area contributed by atoms with Crippen molar-refractivity contribution in [1.82, 2.24) is 4.90 Å². The summed E-state index contributed by atoms with van der Waals surface area (Å²) in [5.41, 5.74) is -0.0541. The first kappa shape index (κ1) is 15.7. The number of alkyl halides is 5. The van der Waals surface area contributed by atoms with Crippen molar-refractivity contribution in [1.29, 1.82) is 0 Å². The van der Waals surface area contributed by atoms with Gasteiger partial charge in [-0.3, -0.25) is 4.90 Å². The summed E-state index contributed by atoms with van der Waals surface area (Å²) in [6, 6.07) is 3.42. The Hall–Kier alpha value is -0.690. The predicted octanol–water partition coefficient (Wildman–Crippen LogP) is 4.70. The largest absolute Gasteiger partial charge is 0.416 e. The molecule has 0 atom stereocenters. The molecule has 20 heavy (non-hydrogen) atoms. The van der Waals surface area contributed by atoms with Crippen molar-refractivity contribution in [2.24, 2.45) is 0 Å². The molecule has 1 fully saturated rings. The number of benzene rings is 1. The monoisotopic (exact) mass is 357 g/mol. The number of likely N-dealkylation sites (tertiary alicyclic amines) is 1. The van der Waals surface area contributed by atoms with Crippen LogP contribution in [0.3, 0.4) is 0 Å². The minimum atomic E-state index is -4.38. The van der Waals surface area contributed by atoms with Crippen molar-refractivity contribution in [3.8, 4) is 0 Å². The summed E-state index contributed by atoms with van der Waals surface area (Å²) in [6.07, 6.45) is -4.79. The Morgan fingerprint density at radius 1 is 1.15 bits per heavy atom. The van der Waals surface area contributed by atoms with Gasteiger partial charge in [-0.05, 0) is 17.7 Å². The molecule has 0 bridgehead atoms. The Morgan fingerprint density at radius 2 is 1.75 bits per heavy atom. The molecule has 0 amide bonds. The van der Waals surface area contributed by atoms with Crippen LogP contribution >= 0.6 is 15.9 Å². The van der Waals surface area contributed by atoms with Gasteiger partial charge in [0.1, 0.15) is 0 Å². The molecule has 0 aromatic heterocycles. The van der Waals surface area contributed by atoms with Gasteiger partial charge < -0.3 is 0 Å². The fraction of sp³-hybridized carbons (Fsp3) is 0.538. The molecule has 1 saturated heterocycles. The normalized spacial score (nSPS) is 20.1. The number of nitrogens with zero attached hydrogens (tertiary/aromatic N) is 1. The predicted molar refractivity (Wildman–Crippen MR) is 68.6 cm³/mol. The molecule has 0 unspecified atom stereocenters. The smallest absolute Gasteiger partial charge is 0.299 e. The highest BCUT2D eigenvalue weighted by molar-refractivity contribution is 9.10. The number of hydrogen-bond donors (Lipinski definition) is 0. The number of piperidine rings is 1. The van der Waals surface area contributed by atoms with Gasteiger partial charge in [0.2, 0.25) is 0 Å². The highest BCUT2D eigenvalue weighted by Gasteiger charge is 2.34. The van der Waals surface area contributed by atoms with Gasteiger partial charge in [0.05, 0.1) is 5.56 Å². The first-order valence-corrected chi connectivity index (χ1v) is 6.92. The highest BCUT2D eigenvalue weighted by Crippen LogP contribution is 2.33. The van der Waals surface area contributed by atoms with Crippen LogP contribution in [0.5, 0.6) is 0 Å². The van der Waals surface area contributed by atoms with Crippen LogP contribution in [0.15, 0.2) is 22.7 Å². The zero-order valence-corrected chi connectivity index (χ0v) is 12.1. The van der Waals surface area contributed by atoms with E-state index in [1.54, 1.807) is 0 Å². The molecule has 1 aromatic carbocycles. The molecular weight excluding hydrogens is 345 g/mol.